The van der Waals surface area contributed by atoms with Crippen molar-refractivity contribution in [3.63, 3.8) is 0 Å². The van der Waals surface area contributed by atoms with E-state index in [9.17, 15) is 13.2 Å². The van der Waals surface area contributed by atoms with Crippen molar-refractivity contribution in [2.75, 3.05) is 11.9 Å². The number of alkyl halides is 3. The van der Waals surface area contributed by atoms with E-state index in [-0.39, 0.29) is 5.69 Å². The number of nitrogens with zero attached hydrogens (tertiary/aromatic N) is 2. The van der Waals surface area contributed by atoms with Crippen molar-refractivity contribution in [2.24, 2.45) is 0 Å². The third kappa shape index (κ3) is 3.56. The molecular formula is C20H17F3IN3. The number of hydrogen-bond donors (Lipinski definition) is 1. The lowest BCUT2D eigenvalue weighted by molar-refractivity contribution is -0.137. The summed E-state index contributed by atoms with van der Waals surface area (Å²) in [4.78, 5) is 0. The highest BCUT2D eigenvalue weighted by Gasteiger charge is 2.35. The van der Waals surface area contributed by atoms with Crippen LogP contribution < -0.4 is 5.32 Å². The molecule has 0 saturated carbocycles. The van der Waals surface area contributed by atoms with Crippen LogP contribution in [0.1, 0.15) is 24.0 Å². The van der Waals surface area contributed by atoms with Gasteiger partial charge in [0.15, 0.2) is 0 Å². The normalized spacial score (nSPS) is 14.4. The second kappa shape index (κ2) is 7.18. The topological polar surface area (TPSA) is 29.9 Å². The number of nitrogens with one attached hydrogen (secondary N) is 1. The summed E-state index contributed by atoms with van der Waals surface area (Å²) in [6, 6.07) is 13.5. The average Bonchev–Trinajstić information content (AvgIpc) is 2.83. The van der Waals surface area contributed by atoms with E-state index in [1.165, 1.54) is 16.8 Å². The van der Waals surface area contributed by atoms with Gasteiger partial charge in [-0.1, -0.05) is 24.3 Å². The van der Waals surface area contributed by atoms with Crippen LogP contribution in [0.25, 0.3) is 16.9 Å². The molecule has 0 spiro atoms. The number of hydrogen-bond acceptors (Lipinski definition) is 2. The number of halogens is 4. The molecule has 1 N–H and O–H groups in total. The lowest BCUT2D eigenvalue weighted by Crippen LogP contribution is -2.14. The second-order valence-electron chi connectivity index (χ2n) is 6.49. The molecule has 3 aromatic rings. The van der Waals surface area contributed by atoms with Gasteiger partial charge in [0.2, 0.25) is 0 Å². The zero-order valence-corrected chi connectivity index (χ0v) is 16.5. The van der Waals surface area contributed by atoms with Crippen molar-refractivity contribution in [3.05, 3.63) is 63.2 Å². The molecule has 4 rings (SSSR count). The summed E-state index contributed by atoms with van der Waals surface area (Å²) in [6.07, 6.45) is -1.70. The molecule has 7 heteroatoms. The zero-order valence-electron chi connectivity index (χ0n) is 14.4. The van der Waals surface area contributed by atoms with Crippen LogP contribution in [0.3, 0.4) is 0 Å². The molecule has 2 heterocycles. The zero-order chi connectivity index (χ0) is 19.0. The Morgan fingerprint density at radius 3 is 2.48 bits per heavy atom. The minimum Gasteiger partial charge on any atom is -0.370 e. The largest absolute Gasteiger partial charge is 0.418 e. The first kappa shape index (κ1) is 18.3. The molecule has 0 unspecified atom stereocenters. The van der Waals surface area contributed by atoms with Crippen LogP contribution in [0.2, 0.25) is 0 Å². The summed E-state index contributed by atoms with van der Waals surface area (Å²) in [5.41, 5.74) is 2.00. The average molecular weight is 483 g/mol. The summed E-state index contributed by atoms with van der Waals surface area (Å²) in [7, 11) is 0. The van der Waals surface area contributed by atoms with Crippen LogP contribution in [0.4, 0.5) is 19.0 Å². The highest BCUT2D eigenvalue weighted by atomic mass is 127. The number of benzene rings is 2. The van der Waals surface area contributed by atoms with Gasteiger partial charge < -0.3 is 5.32 Å². The maximum absolute atomic E-state index is 13.6. The van der Waals surface area contributed by atoms with E-state index in [2.05, 4.69) is 33.0 Å². The van der Waals surface area contributed by atoms with Crippen molar-refractivity contribution in [3.8, 4) is 16.9 Å². The summed E-state index contributed by atoms with van der Waals surface area (Å²) >= 11 is 2.23. The maximum Gasteiger partial charge on any atom is 0.418 e. The van der Waals surface area contributed by atoms with Crippen LogP contribution in [0.5, 0.6) is 0 Å². The fourth-order valence-electron chi connectivity index (χ4n) is 3.41. The fraction of sp³-hybridized carbons (Fsp3) is 0.250. The lowest BCUT2D eigenvalue weighted by atomic mass is 10.0. The molecule has 1 aliphatic heterocycles. The summed E-state index contributed by atoms with van der Waals surface area (Å²) < 4.78 is 43.2. The number of rotatable bonds is 2. The van der Waals surface area contributed by atoms with Crippen LogP contribution in [0, 0.1) is 3.57 Å². The van der Waals surface area contributed by atoms with E-state index in [0.29, 0.717) is 5.82 Å². The third-order valence-electron chi connectivity index (χ3n) is 4.68. The molecule has 0 atom stereocenters. The van der Waals surface area contributed by atoms with Gasteiger partial charge in [-0.3, -0.25) is 0 Å². The summed E-state index contributed by atoms with van der Waals surface area (Å²) in [5, 5.41) is 7.93. The number of anilines is 1. The Hall–Kier alpha value is -2.03. The maximum atomic E-state index is 13.6. The van der Waals surface area contributed by atoms with E-state index in [0.717, 1.165) is 52.3 Å². The molecule has 0 saturated heterocycles. The molecule has 0 bridgehead atoms. The van der Waals surface area contributed by atoms with E-state index in [1.54, 1.807) is 6.07 Å². The highest BCUT2D eigenvalue weighted by Crippen LogP contribution is 2.38. The van der Waals surface area contributed by atoms with Gasteiger partial charge in [-0.05, 0) is 66.1 Å². The molecule has 0 fully saturated rings. The Balaban J connectivity index is 1.94. The van der Waals surface area contributed by atoms with E-state index >= 15 is 0 Å². The molecular weight excluding hydrogens is 466 g/mol. The number of para-hydroxylation sites is 1. The van der Waals surface area contributed by atoms with Crippen molar-refractivity contribution < 1.29 is 13.2 Å². The van der Waals surface area contributed by atoms with Crippen LogP contribution in [-0.4, -0.2) is 16.3 Å². The summed E-state index contributed by atoms with van der Waals surface area (Å²) in [6.45, 7) is 0.721. The Labute approximate surface area is 168 Å². The van der Waals surface area contributed by atoms with Crippen LogP contribution in [0.15, 0.2) is 48.5 Å². The van der Waals surface area contributed by atoms with Gasteiger partial charge in [0.25, 0.3) is 0 Å². The molecule has 27 heavy (non-hydrogen) atoms. The first-order valence-electron chi connectivity index (χ1n) is 8.73. The summed E-state index contributed by atoms with van der Waals surface area (Å²) in [5.74, 6) is 0.665. The first-order valence-corrected chi connectivity index (χ1v) is 9.81. The fourth-order valence-corrected chi connectivity index (χ4v) is 3.77. The number of aromatic nitrogens is 2. The molecule has 0 radical (unpaired) electrons. The predicted octanol–water partition coefficient (Wildman–Crippen LogP) is 5.91. The Morgan fingerprint density at radius 1 is 1.00 bits per heavy atom. The van der Waals surface area contributed by atoms with E-state index in [4.69, 9.17) is 0 Å². The standard InChI is InChI=1S/C20H17F3IN3/c21-20(22,23)16-6-1-2-7-17(16)27-19-15(5-3-4-12-25-19)18(26-27)13-8-10-14(24)11-9-13/h1-2,6-11,25H,3-5,12H2. The SMILES string of the molecule is FC(F)(F)c1ccccc1-n1nc(-c2ccc(I)cc2)c2c1NCCCC2. The molecule has 0 amide bonds. The van der Waals surface area contributed by atoms with Gasteiger partial charge in [-0.25, -0.2) is 4.68 Å². The molecule has 1 aliphatic rings. The van der Waals surface area contributed by atoms with Gasteiger partial charge in [0, 0.05) is 21.2 Å². The van der Waals surface area contributed by atoms with Gasteiger partial charge >= 0.3 is 6.18 Å². The van der Waals surface area contributed by atoms with Crippen LogP contribution in [-0.2, 0) is 12.6 Å². The third-order valence-corrected chi connectivity index (χ3v) is 5.40. The van der Waals surface area contributed by atoms with Gasteiger partial charge in [0.05, 0.1) is 16.9 Å². The van der Waals surface area contributed by atoms with Crippen molar-refractivity contribution in [1.29, 1.82) is 0 Å². The van der Waals surface area contributed by atoms with Crippen molar-refractivity contribution in [1.82, 2.24) is 9.78 Å². The molecule has 1 aromatic heterocycles. The molecule has 3 nitrogen and oxygen atoms in total. The minimum absolute atomic E-state index is 0.0485. The monoisotopic (exact) mass is 483 g/mol. The first-order chi connectivity index (χ1) is 12.9. The molecule has 2 aromatic carbocycles. The predicted molar refractivity (Wildman–Crippen MR) is 108 cm³/mol. The Bertz CT molecular complexity index is 962. The van der Waals surface area contributed by atoms with E-state index < -0.39 is 11.7 Å². The molecule has 0 aliphatic carbocycles. The Kier molecular flexibility index (Phi) is 4.88. The van der Waals surface area contributed by atoms with Gasteiger partial charge in [-0.15, -0.1) is 0 Å². The quantitative estimate of drug-likeness (QED) is 0.460. The highest BCUT2D eigenvalue weighted by molar-refractivity contribution is 14.1. The van der Waals surface area contributed by atoms with Gasteiger partial charge in [-0.2, -0.15) is 18.3 Å². The van der Waals surface area contributed by atoms with Crippen LogP contribution >= 0.6 is 22.6 Å². The number of fused-ring (bicyclic) bond motifs is 1. The van der Waals surface area contributed by atoms with Crippen molar-refractivity contribution in [2.45, 2.75) is 25.4 Å². The minimum atomic E-state index is -4.44. The second-order valence-corrected chi connectivity index (χ2v) is 7.74. The lowest BCUT2D eigenvalue weighted by Gasteiger charge is -2.15. The molecule has 140 valence electrons. The van der Waals surface area contributed by atoms with Crippen molar-refractivity contribution >= 4 is 28.4 Å². The smallest absolute Gasteiger partial charge is 0.370 e. The van der Waals surface area contributed by atoms with Gasteiger partial charge in [0.1, 0.15) is 5.82 Å². The van der Waals surface area contributed by atoms with E-state index in [1.807, 2.05) is 24.3 Å². The Morgan fingerprint density at radius 2 is 1.74 bits per heavy atom.